The van der Waals surface area contributed by atoms with Crippen molar-refractivity contribution in [3.05, 3.63) is 0 Å². The molecule has 5 aliphatic rings. The Morgan fingerprint density at radius 3 is 0.936 bits per heavy atom. The molecule has 0 aromatic rings. The van der Waals surface area contributed by atoms with E-state index in [0.717, 1.165) is 42.5 Å². The van der Waals surface area contributed by atoms with E-state index in [-0.39, 0.29) is 266 Å². The van der Waals surface area contributed by atoms with Crippen LogP contribution in [0.5, 0.6) is 0 Å². The van der Waals surface area contributed by atoms with Gasteiger partial charge in [-0.2, -0.15) is 0 Å². The first-order valence-corrected chi connectivity index (χ1v) is 37.4. The zero-order valence-electron chi connectivity index (χ0n) is 60.7. The van der Waals surface area contributed by atoms with Gasteiger partial charge in [0.15, 0.2) is 49.3 Å². The molecule has 0 aromatic carbocycles. The molecule has 5 saturated heterocycles. The van der Waals surface area contributed by atoms with Gasteiger partial charge in [-0.3, -0.25) is 29.3 Å². The Hall–Kier alpha value is 6.26. The number of methoxy groups -OCH3 is 8. The van der Waals surface area contributed by atoms with Crippen molar-refractivity contribution in [2.24, 2.45) is 0 Å². The number of carboxylic acids is 1. The first kappa shape index (κ1) is 124. The molecule has 588 valence electrons. The molecule has 5 heterocycles. The summed E-state index contributed by atoms with van der Waals surface area (Å²) in [5.74, 6) is -4.95. The summed E-state index contributed by atoms with van der Waals surface area (Å²) in [4.78, 5) is 27.7. The van der Waals surface area contributed by atoms with Gasteiger partial charge in [0.2, 0.25) is 72.8 Å². The zero-order valence-corrected chi connectivity index (χ0v) is 85.2. The van der Waals surface area contributed by atoms with Crippen LogP contribution in [0.25, 0.3) is 0 Å². The average molecular weight is 1840 g/mol. The van der Waals surface area contributed by atoms with E-state index in [9.17, 15) is 118 Å². The molecule has 0 unspecified atom stereocenters. The van der Waals surface area contributed by atoms with Crippen LogP contribution in [-0.2, 0) is 207 Å². The molecule has 52 nitrogen and oxygen atoms in total. The Morgan fingerprint density at radius 1 is 0.321 bits per heavy atom. The quantitative estimate of drug-likeness (QED) is 0.0317. The fourth-order valence-corrected chi connectivity index (χ4v) is 14.0. The van der Waals surface area contributed by atoms with E-state index in [1.807, 2.05) is 0 Å². The molecule has 0 saturated carbocycles. The average Bonchev–Trinajstić information content (AvgIpc) is 0.729. The molecule has 5 aliphatic heterocycles. The molecule has 5 rings (SSSR count). The summed E-state index contributed by atoms with van der Waals surface area (Å²) in [6.45, 7) is -3.97. The predicted molar refractivity (Wildman–Crippen MR) is 281 cm³/mol. The van der Waals surface area contributed by atoms with E-state index in [1.165, 1.54) is 0 Å². The molecule has 0 bridgehead atoms. The Bertz CT molecular complexity index is 3740. The molecule has 0 amide bonds. The van der Waals surface area contributed by atoms with Crippen molar-refractivity contribution in [1.29, 1.82) is 0 Å². The molecule has 109 heavy (non-hydrogen) atoms. The van der Waals surface area contributed by atoms with Crippen LogP contribution in [0.4, 0.5) is 0 Å². The van der Waals surface area contributed by atoms with Gasteiger partial charge in [-0.15, -0.1) is 0 Å². The number of carbonyl (C=O) groups is 2. The van der Waals surface area contributed by atoms with Crippen molar-refractivity contribution in [1.82, 2.24) is 0 Å². The SMILES string of the molecule is CC[C@]1(C(=O)OS(=O)(=O)[O-])O[C@@H](O[C@H]2[C@H](OS(=O)(=O)[O-])[C@@H](OS(=O)(=O)[O-])[C@@H](O[C@H]3[C@H](OC)[C@@H](OC)[C@H](O[C@H]4[C@H](OS(=O)(=O)[O-])[C@@H](OS(=O)(=O)[O-])[C@@H](OC)O[C@@H]4COS(=O)(=O)[O-])O[C@@H]3C(=O)[O-])O[C@@H]2COS(=O)(=O)[O-])[C@H](OC)[C@@H](OC)[C@@H]1O[C@H]1O[C@H](COS(=O)(=O)[O-])[C@@H](OC)[C@H](OC)[C@H]1OC.[Na+].[Na+].[Na+].[Na+].[Na+].[Na+].[Na+].[Na+].[Na+]. The summed E-state index contributed by atoms with van der Waals surface area (Å²) in [6, 6.07) is 0. The maximum absolute atomic E-state index is 14.4. The third kappa shape index (κ3) is 37.0. The third-order valence-corrected chi connectivity index (χ3v) is 18.0. The second kappa shape index (κ2) is 52.4. The van der Waals surface area contributed by atoms with Crippen molar-refractivity contribution in [3.8, 4) is 0 Å². The summed E-state index contributed by atoms with van der Waals surface area (Å²) in [7, 11) is -43.1. The van der Waals surface area contributed by atoms with Crippen LogP contribution in [0.1, 0.15) is 13.3 Å². The van der Waals surface area contributed by atoms with Crippen LogP contribution in [0.15, 0.2) is 0 Å². The number of rotatable bonds is 37. The van der Waals surface area contributed by atoms with Gasteiger partial charge in [-0.25, -0.2) is 72.1 Å². The van der Waals surface area contributed by atoms with Gasteiger partial charge in [-0.05, 0) is 6.42 Å². The number of aliphatic carboxylic acids is 1. The molecule has 0 radical (unpaired) electrons. The molecule has 25 atom stereocenters. The normalized spacial score (nSPS) is 33.9. The van der Waals surface area contributed by atoms with Gasteiger partial charge in [-0.1, -0.05) is 6.92 Å². The Kier molecular flexibility index (Phi) is 59.5. The zero-order chi connectivity index (χ0) is 76.0. The van der Waals surface area contributed by atoms with Crippen LogP contribution < -0.4 is 271 Å². The minimum absolute atomic E-state index is 0. The standard InChI is InChI=1S/C40H68O52S8.9Na/c1-10-40(39(43)92-100(65,66)67)32(86-35-27(72-6)20(69-3)17(68-2)14(80-35)11-76-93(44,45)46)25(71-5)29(74-8)38(87-40)83-19-16(13-78-95(50,51)52)81-37(31(91-99(62,63)64)24(19)89-97(56,57)58)84-22-21(70-4)28(73-7)36(85-26(22)33(41)42)82-18-15(12-77-94(47,48)49)79-34(75-9)30(90-98(59,60)61)23(18)88-96(53,54)55;;;;;;;;;/h14-32,34-38H,10-13H2,1-9H3,(H,41,42)(H,44,45,46)(H,47,48,49)(H,50,51,52)(H,53,54,55)(H,56,57,58)(H,59,60,61)(H,62,63,64)(H,65,66,67);;;;;;;;;/q;9*+1/p-9/t14-,15-,16-,17-,18-,19-,20+,21+,22+,23+,24+,25-,26+,27-,28-,29-,30-,31-,32+,34+,35-,36-,37-,38-,40+;;;;;;;;;/m1........./s1. The van der Waals surface area contributed by atoms with Crippen molar-refractivity contribution < 1.29 is 498 Å². The molecular formula is C40H59Na9O52S8. The van der Waals surface area contributed by atoms with Crippen LogP contribution in [-0.4, -0.2) is 345 Å². The Labute approximate surface area is 823 Å². The van der Waals surface area contributed by atoms with Gasteiger partial charge >= 0.3 is 272 Å². The Morgan fingerprint density at radius 2 is 0.615 bits per heavy atom. The first-order valence-electron chi connectivity index (χ1n) is 26.8. The van der Waals surface area contributed by atoms with Crippen LogP contribution in [0.2, 0.25) is 0 Å². The fraction of sp³-hybridized carbons (Fsp3) is 0.950. The van der Waals surface area contributed by atoms with Gasteiger partial charge in [0.25, 0.3) is 10.4 Å². The van der Waals surface area contributed by atoms with Crippen molar-refractivity contribution in [3.63, 3.8) is 0 Å². The summed E-state index contributed by atoms with van der Waals surface area (Å²) < 4.78 is 422. The molecule has 0 aliphatic carbocycles. The third-order valence-electron chi connectivity index (χ3n) is 14.6. The number of carbonyl (C=O) groups excluding carboxylic acids is 2. The van der Waals surface area contributed by atoms with E-state index in [1.54, 1.807) is 0 Å². The smallest absolute Gasteiger partial charge is 0.726 e. The second-order valence-electron chi connectivity index (χ2n) is 20.3. The van der Waals surface area contributed by atoms with E-state index >= 15 is 0 Å². The van der Waals surface area contributed by atoms with Crippen LogP contribution in [0, 0.1) is 0 Å². The van der Waals surface area contributed by atoms with Gasteiger partial charge in [0.05, 0.1) is 25.8 Å². The van der Waals surface area contributed by atoms with E-state index in [4.69, 9.17) is 80.5 Å². The van der Waals surface area contributed by atoms with Crippen LogP contribution in [0.3, 0.4) is 0 Å². The molecular weight excluding hydrogens is 1780 g/mol. The largest absolute Gasteiger partial charge is 1.00 e. The van der Waals surface area contributed by atoms with Gasteiger partial charge in [0.1, 0.15) is 104 Å². The molecule has 0 spiro atoms. The summed E-state index contributed by atoms with van der Waals surface area (Å²) in [5, 5.41) is 13.2. The van der Waals surface area contributed by atoms with Crippen molar-refractivity contribution in [2.75, 3.05) is 76.7 Å². The summed E-state index contributed by atoms with van der Waals surface area (Å²) >= 11 is 0. The van der Waals surface area contributed by atoms with Crippen LogP contribution >= 0.6 is 0 Å². The Balaban J connectivity index is -0.00000401. The number of carboxylic acid groups (broad SMARTS) is 1. The summed E-state index contributed by atoms with van der Waals surface area (Å²) in [5.41, 5.74) is -3.39. The van der Waals surface area contributed by atoms with Gasteiger partial charge < -0.3 is 131 Å². The second-order valence-corrected chi connectivity index (χ2v) is 28.5. The predicted octanol–water partition coefficient (Wildman–Crippen LogP) is -38.7. The molecule has 5 fully saturated rings. The fourth-order valence-electron chi connectivity index (χ4n) is 10.9. The topological polar surface area (TPSA) is 746 Å². The van der Waals surface area contributed by atoms with E-state index in [0.29, 0.717) is 21.3 Å². The molecule has 69 heteroatoms. The maximum Gasteiger partial charge on any atom is 1.00 e. The molecule has 0 N–H and O–H groups in total. The van der Waals surface area contributed by atoms with E-state index in [2.05, 4.69) is 33.5 Å². The molecule has 0 aromatic heterocycles. The number of ether oxygens (including phenoxy) is 17. The maximum atomic E-state index is 14.4. The summed E-state index contributed by atoms with van der Waals surface area (Å²) in [6.07, 6.45) is -62.9. The van der Waals surface area contributed by atoms with Gasteiger partial charge in [0, 0.05) is 56.9 Å². The van der Waals surface area contributed by atoms with E-state index < -0.39 is 274 Å². The van der Waals surface area contributed by atoms with Crippen molar-refractivity contribution in [2.45, 2.75) is 166 Å². The number of hydrogen-bond acceptors (Lipinski definition) is 52. The first-order chi connectivity index (χ1) is 45.8. The van der Waals surface area contributed by atoms with Crippen molar-refractivity contribution >= 4 is 95.1 Å². The monoisotopic (exact) mass is 1830 g/mol. The number of hydrogen-bond donors (Lipinski definition) is 0. The minimum atomic E-state index is -6.62. The minimum Gasteiger partial charge on any atom is -0.726 e.